The number of hydrogen-bond donors (Lipinski definition) is 0. The van der Waals surface area contributed by atoms with Crippen molar-refractivity contribution in [3.05, 3.63) is 185 Å². The van der Waals surface area contributed by atoms with Gasteiger partial charge in [-0.2, -0.15) is 0 Å². The van der Waals surface area contributed by atoms with Crippen LogP contribution in [0.4, 0.5) is 17.1 Å². The minimum atomic E-state index is -0.229. The summed E-state index contributed by atoms with van der Waals surface area (Å²) in [6.07, 6.45) is 17.0. The summed E-state index contributed by atoms with van der Waals surface area (Å²) < 4.78 is 5.80. The Bertz CT molecular complexity index is 4410. The van der Waals surface area contributed by atoms with E-state index >= 15 is 0 Å². The van der Waals surface area contributed by atoms with Gasteiger partial charge in [-0.05, 0) is 239 Å². The van der Waals surface area contributed by atoms with Crippen LogP contribution >= 0.6 is 11.3 Å². The maximum atomic E-state index is 2.95. The maximum absolute atomic E-state index is 2.95. The van der Waals surface area contributed by atoms with E-state index in [1.807, 2.05) is 0 Å². The van der Waals surface area contributed by atoms with Crippen LogP contribution in [0.5, 0.6) is 0 Å². The molecule has 9 aliphatic carbocycles. The van der Waals surface area contributed by atoms with E-state index in [-0.39, 0.29) is 28.5 Å². The number of benzene rings is 8. The second-order valence-corrected chi connectivity index (χ2v) is 32.0. The van der Waals surface area contributed by atoms with Crippen molar-refractivity contribution in [2.75, 3.05) is 4.90 Å². The Balaban J connectivity index is 0.977. The lowest BCUT2D eigenvalue weighted by Gasteiger charge is -2.57. The fourth-order valence-electron chi connectivity index (χ4n) is 21.6. The maximum Gasteiger partial charge on any atom is 0.333 e. The van der Waals surface area contributed by atoms with Crippen molar-refractivity contribution in [1.82, 2.24) is 4.48 Å². The van der Waals surface area contributed by atoms with E-state index in [1.165, 1.54) is 197 Å². The molecule has 4 heteroatoms. The van der Waals surface area contributed by atoms with Crippen molar-refractivity contribution in [1.29, 1.82) is 0 Å². The van der Waals surface area contributed by atoms with Crippen LogP contribution in [0, 0.1) is 35.5 Å². The minimum absolute atomic E-state index is 0.0305. The summed E-state index contributed by atoms with van der Waals surface area (Å²) in [5.74, 6) is 5.30. The van der Waals surface area contributed by atoms with Crippen molar-refractivity contribution in [2.45, 2.75) is 153 Å². The smallest absolute Gasteiger partial charge is 0.333 e. The molecule has 8 fully saturated rings. The van der Waals surface area contributed by atoms with Crippen LogP contribution in [-0.2, 0) is 27.1 Å². The van der Waals surface area contributed by atoms with E-state index in [0.29, 0.717) is 5.41 Å². The summed E-state index contributed by atoms with van der Waals surface area (Å²) in [6, 6.07) is 59.7. The second kappa shape index (κ2) is 15.9. The molecule has 82 heavy (non-hydrogen) atoms. The van der Waals surface area contributed by atoms with Crippen LogP contribution in [0.2, 0.25) is 0 Å². The molecule has 2 aromatic heterocycles. The molecular formula is C78H75BN2S. The first-order chi connectivity index (χ1) is 39.6. The molecule has 406 valence electrons. The van der Waals surface area contributed by atoms with Crippen LogP contribution in [-0.4, -0.2) is 11.3 Å². The van der Waals surface area contributed by atoms with Gasteiger partial charge < -0.3 is 9.38 Å². The largest absolute Gasteiger partial charge is 0.375 e. The molecule has 0 saturated heterocycles. The Labute approximate surface area is 489 Å². The van der Waals surface area contributed by atoms with Gasteiger partial charge >= 0.3 is 6.85 Å². The third kappa shape index (κ3) is 6.24. The number of rotatable bonds is 4. The topological polar surface area (TPSA) is 8.17 Å². The van der Waals surface area contributed by atoms with Crippen molar-refractivity contribution in [2.24, 2.45) is 35.5 Å². The van der Waals surface area contributed by atoms with Gasteiger partial charge in [0, 0.05) is 80.9 Å². The van der Waals surface area contributed by atoms with E-state index in [9.17, 15) is 0 Å². The van der Waals surface area contributed by atoms with E-state index in [1.54, 1.807) is 11.1 Å². The zero-order valence-electron chi connectivity index (χ0n) is 49.2. The summed E-state index contributed by atoms with van der Waals surface area (Å²) in [5.41, 5.74) is 25.8. The Kier molecular flexibility index (Phi) is 9.31. The van der Waals surface area contributed by atoms with Gasteiger partial charge in [0.05, 0.1) is 5.69 Å². The molecule has 10 aromatic rings. The number of aromatic nitrogens is 1. The summed E-state index contributed by atoms with van der Waals surface area (Å²) in [4.78, 5) is 2.80. The fraction of sp³-hybridized carbons (Fsp3) is 0.385. The monoisotopic (exact) mass is 1080 g/mol. The summed E-state index contributed by atoms with van der Waals surface area (Å²) in [5, 5.41) is 5.81. The SMILES string of the molecule is CC(C)(C)c1ccc(N2c3cc4c(cc3B3c5c2cc2c(sc6ccccc62)c5-c2cc(C56CC7CC(CC(C7)C5)C6)cc5c6cc(C78CC9CC(CC(C9)C7)C8)ccc6n3c25)C(C)(C)c2ccccc2C4(C)C)c(-c2ccccc2)c1. The van der Waals surface area contributed by atoms with Crippen molar-refractivity contribution in [3.8, 4) is 22.3 Å². The Morgan fingerprint density at radius 2 is 1.06 bits per heavy atom. The molecule has 11 aliphatic rings. The molecule has 0 radical (unpaired) electrons. The summed E-state index contributed by atoms with van der Waals surface area (Å²) >= 11 is 2.06. The molecule has 8 aromatic carbocycles. The zero-order chi connectivity index (χ0) is 54.7. The van der Waals surface area contributed by atoms with Gasteiger partial charge in [-0.25, -0.2) is 0 Å². The third-order valence-electron chi connectivity index (χ3n) is 24.4. The average molecular weight is 1080 g/mol. The molecule has 0 amide bonds. The molecule has 4 heterocycles. The molecule has 2 aliphatic heterocycles. The highest BCUT2D eigenvalue weighted by molar-refractivity contribution is 7.26. The van der Waals surface area contributed by atoms with E-state index in [2.05, 4.69) is 215 Å². The van der Waals surface area contributed by atoms with Gasteiger partial charge in [-0.15, -0.1) is 11.3 Å². The van der Waals surface area contributed by atoms with Crippen LogP contribution < -0.4 is 15.8 Å². The van der Waals surface area contributed by atoms with Gasteiger partial charge in [-0.3, -0.25) is 0 Å². The molecular weight excluding hydrogens is 1010 g/mol. The highest BCUT2D eigenvalue weighted by atomic mass is 32.1. The first-order valence-electron chi connectivity index (χ1n) is 32.0. The summed E-state index contributed by atoms with van der Waals surface area (Å²) in [7, 11) is 0. The highest BCUT2D eigenvalue weighted by Gasteiger charge is 2.55. The zero-order valence-corrected chi connectivity index (χ0v) is 50.0. The molecule has 0 spiro atoms. The van der Waals surface area contributed by atoms with Crippen molar-refractivity contribution >= 4 is 88.2 Å². The fourth-order valence-corrected chi connectivity index (χ4v) is 22.8. The van der Waals surface area contributed by atoms with Crippen molar-refractivity contribution in [3.63, 3.8) is 0 Å². The molecule has 0 unspecified atom stereocenters. The Hall–Kier alpha value is -6.36. The molecule has 2 nitrogen and oxygen atoms in total. The van der Waals surface area contributed by atoms with Gasteiger partial charge in [-0.1, -0.05) is 139 Å². The lowest BCUT2D eigenvalue weighted by atomic mass is 9.44. The van der Waals surface area contributed by atoms with Crippen LogP contribution in [0.25, 0.3) is 64.2 Å². The van der Waals surface area contributed by atoms with Gasteiger partial charge in [0.15, 0.2) is 0 Å². The molecule has 0 atom stereocenters. The number of thiophene rings is 1. The quantitative estimate of drug-likeness (QED) is 0.160. The third-order valence-corrected chi connectivity index (χ3v) is 25.6. The van der Waals surface area contributed by atoms with Gasteiger partial charge in [0.25, 0.3) is 0 Å². The average Bonchev–Trinajstić information content (AvgIpc) is 1.35. The Morgan fingerprint density at radius 3 is 1.71 bits per heavy atom. The summed E-state index contributed by atoms with van der Waals surface area (Å²) in [6.45, 7) is 17.1. The highest BCUT2D eigenvalue weighted by Crippen LogP contribution is 2.64. The van der Waals surface area contributed by atoms with Crippen LogP contribution in [0.1, 0.15) is 164 Å². The van der Waals surface area contributed by atoms with Crippen LogP contribution in [0.15, 0.2) is 146 Å². The number of nitrogens with zero attached hydrogens (tertiary/aromatic N) is 2. The van der Waals surface area contributed by atoms with E-state index < -0.39 is 0 Å². The normalized spacial score (nSPS) is 28.1. The number of fused-ring (bicyclic) bond motifs is 13. The van der Waals surface area contributed by atoms with E-state index in [4.69, 9.17) is 0 Å². The van der Waals surface area contributed by atoms with Crippen molar-refractivity contribution < 1.29 is 0 Å². The van der Waals surface area contributed by atoms with E-state index in [0.717, 1.165) is 35.5 Å². The standard InChI is InChI=1S/C78H75BN2S/c1-74(2,3)51-21-23-65(55(31-51)50-15-9-8-10-16-50)80-67-37-63-62(75(4,5)60-18-12-13-19-61(60)76(63,6)7)36-64(67)79-71-68(80)35-58-54-17-11-14-20-69(54)82-73(58)70(71)59-34-53(78-41-47-28-48(42-78)30-49(29-47)43-78)33-57-56-32-52(22-24-66(56)81(79)72(57)59)77-38-44-25-45(39-77)27-46(26-44)40-77/h8-24,31-37,44-49H,25-30,38-43H2,1-7H3. The number of anilines is 3. The number of hydrogen-bond acceptors (Lipinski definition) is 2. The van der Waals surface area contributed by atoms with Crippen LogP contribution in [0.3, 0.4) is 0 Å². The Morgan fingerprint density at radius 1 is 0.476 bits per heavy atom. The predicted molar refractivity (Wildman–Crippen MR) is 347 cm³/mol. The first kappa shape index (κ1) is 48.1. The lowest BCUT2D eigenvalue weighted by molar-refractivity contribution is -0.00527. The minimum Gasteiger partial charge on any atom is -0.375 e. The molecule has 8 bridgehead atoms. The van der Waals surface area contributed by atoms with Gasteiger partial charge in [0.1, 0.15) is 0 Å². The molecule has 0 N–H and O–H groups in total. The predicted octanol–water partition coefficient (Wildman–Crippen LogP) is 19.4. The second-order valence-electron chi connectivity index (χ2n) is 30.9. The molecule has 21 rings (SSSR count). The lowest BCUT2D eigenvalue weighted by Crippen LogP contribution is -2.57. The first-order valence-corrected chi connectivity index (χ1v) is 32.8. The van der Waals surface area contributed by atoms with Gasteiger partial charge in [0.2, 0.25) is 0 Å². The molecule has 8 saturated carbocycles.